The third-order valence-corrected chi connectivity index (χ3v) is 4.13. The Morgan fingerprint density at radius 1 is 1.25 bits per heavy atom. The lowest BCUT2D eigenvalue weighted by Gasteiger charge is -2.23. The molecule has 2 rings (SSSR count). The van der Waals surface area contributed by atoms with Gasteiger partial charge in [0.05, 0.1) is 16.4 Å². The van der Waals surface area contributed by atoms with Crippen molar-refractivity contribution in [3.8, 4) is 11.6 Å². The average Bonchev–Trinajstić information content (AvgIpc) is 2.42. The van der Waals surface area contributed by atoms with Crippen LogP contribution in [0.1, 0.15) is 32.8 Å². The van der Waals surface area contributed by atoms with Gasteiger partial charge >= 0.3 is 0 Å². The zero-order valence-corrected chi connectivity index (χ0v) is 13.6. The first-order valence-electron chi connectivity index (χ1n) is 6.62. The molecule has 2 aromatic rings. The van der Waals surface area contributed by atoms with E-state index in [4.69, 9.17) is 10.5 Å². The quantitative estimate of drug-likeness (QED) is 0.864. The lowest BCUT2D eigenvalue weighted by molar-refractivity contribution is 0.457. The lowest BCUT2D eigenvalue weighted by Crippen LogP contribution is -2.14. The largest absolute Gasteiger partial charge is 0.438 e. The predicted octanol–water partition coefficient (Wildman–Crippen LogP) is 4.91. The van der Waals surface area contributed by atoms with Crippen LogP contribution in [0.3, 0.4) is 0 Å². The fourth-order valence-corrected chi connectivity index (χ4v) is 2.25. The maximum absolute atomic E-state index is 5.75. The molecular formula is C16H19BrN2O. The minimum atomic E-state index is 0.179. The van der Waals surface area contributed by atoms with E-state index in [1.165, 1.54) is 5.56 Å². The van der Waals surface area contributed by atoms with Crippen LogP contribution in [-0.4, -0.2) is 4.98 Å². The number of nitrogens with zero attached hydrogens (tertiary/aromatic N) is 1. The van der Waals surface area contributed by atoms with Gasteiger partial charge in [0, 0.05) is 0 Å². The number of ether oxygens (including phenoxy) is 1. The molecule has 0 fully saturated rings. The van der Waals surface area contributed by atoms with Crippen LogP contribution in [0.2, 0.25) is 0 Å². The first-order valence-corrected chi connectivity index (χ1v) is 7.41. The van der Waals surface area contributed by atoms with Gasteiger partial charge in [0.15, 0.2) is 0 Å². The minimum absolute atomic E-state index is 0.179. The third kappa shape index (κ3) is 3.31. The summed E-state index contributed by atoms with van der Waals surface area (Å²) in [6.45, 7) is 6.67. The topological polar surface area (TPSA) is 48.1 Å². The molecule has 0 unspecified atom stereocenters. The fourth-order valence-electron chi connectivity index (χ4n) is 1.81. The van der Waals surface area contributed by atoms with E-state index in [0.29, 0.717) is 11.6 Å². The van der Waals surface area contributed by atoms with Crippen molar-refractivity contribution in [2.24, 2.45) is 0 Å². The molecule has 0 bridgehead atoms. The smallest absolute Gasteiger partial charge is 0.233 e. The number of benzene rings is 1. The Kier molecular flexibility index (Phi) is 4.33. The number of halogens is 1. The number of hydrogen-bond acceptors (Lipinski definition) is 3. The molecule has 20 heavy (non-hydrogen) atoms. The SMILES string of the molecule is CCC(C)(C)c1ccc(Oc2ncc(N)cc2Br)cc1. The van der Waals surface area contributed by atoms with Crippen molar-refractivity contribution >= 4 is 21.6 Å². The Hall–Kier alpha value is -1.55. The molecule has 0 saturated heterocycles. The van der Waals surface area contributed by atoms with Crippen LogP contribution in [0.15, 0.2) is 41.0 Å². The molecule has 0 saturated carbocycles. The van der Waals surface area contributed by atoms with Gasteiger partial charge in [-0.25, -0.2) is 4.98 Å². The van der Waals surface area contributed by atoms with Crippen LogP contribution in [-0.2, 0) is 5.41 Å². The second-order valence-corrected chi connectivity index (χ2v) is 6.27. The molecule has 3 nitrogen and oxygen atoms in total. The first-order chi connectivity index (χ1) is 9.42. The van der Waals surface area contributed by atoms with E-state index in [2.05, 4.69) is 53.8 Å². The number of hydrogen-bond donors (Lipinski definition) is 1. The molecule has 4 heteroatoms. The molecule has 0 spiro atoms. The number of anilines is 1. The highest BCUT2D eigenvalue weighted by molar-refractivity contribution is 9.10. The number of nitrogen functional groups attached to an aromatic ring is 1. The Morgan fingerprint density at radius 2 is 1.90 bits per heavy atom. The maximum atomic E-state index is 5.75. The number of nitrogens with two attached hydrogens (primary N) is 1. The summed E-state index contributed by atoms with van der Waals surface area (Å²) >= 11 is 3.39. The molecular weight excluding hydrogens is 316 g/mol. The number of pyridine rings is 1. The first kappa shape index (κ1) is 14.9. The minimum Gasteiger partial charge on any atom is -0.438 e. The normalized spacial score (nSPS) is 11.4. The summed E-state index contributed by atoms with van der Waals surface area (Å²) in [5.41, 5.74) is 7.74. The van der Waals surface area contributed by atoms with Crippen molar-refractivity contribution in [3.05, 3.63) is 46.6 Å². The Labute approximate surface area is 128 Å². The summed E-state index contributed by atoms with van der Waals surface area (Å²) in [5, 5.41) is 0. The summed E-state index contributed by atoms with van der Waals surface area (Å²) in [4.78, 5) is 4.17. The van der Waals surface area contributed by atoms with E-state index < -0.39 is 0 Å². The Balaban J connectivity index is 2.19. The zero-order chi connectivity index (χ0) is 14.8. The molecule has 1 aromatic carbocycles. The third-order valence-electron chi connectivity index (χ3n) is 3.56. The lowest BCUT2D eigenvalue weighted by atomic mass is 9.82. The van der Waals surface area contributed by atoms with Crippen molar-refractivity contribution in [2.75, 3.05) is 5.73 Å². The maximum Gasteiger partial charge on any atom is 0.233 e. The molecule has 0 amide bonds. The van der Waals surface area contributed by atoms with Crippen molar-refractivity contribution in [3.63, 3.8) is 0 Å². The monoisotopic (exact) mass is 334 g/mol. The molecule has 2 N–H and O–H groups in total. The highest BCUT2D eigenvalue weighted by Gasteiger charge is 2.17. The van der Waals surface area contributed by atoms with Crippen LogP contribution in [0.5, 0.6) is 11.6 Å². The van der Waals surface area contributed by atoms with Gasteiger partial charge in [0.25, 0.3) is 0 Å². The van der Waals surface area contributed by atoms with Gasteiger partial charge in [-0.2, -0.15) is 0 Å². The highest BCUT2D eigenvalue weighted by atomic mass is 79.9. The molecule has 1 aromatic heterocycles. The van der Waals surface area contributed by atoms with E-state index in [0.717, 1.165) is 16.6 Å². The molecule has 0 aliphatic heterocycles. The van der Waals surface area contributed by atoms with Gasteiger partial charge in [0.2, 0.25) is 5.88 Å². The molecule has 1 heterocycles. The number of rotatable bonds is 4. The summed E-state index contributed by atoms with van der Waals surface area (Å²) < 4.78 is 6.50. The van der Waals surface area contributed by atoms with Gasteiger partial charge in [0.1, 0.15) is 5.75 Å². The van der Waals surface area contributed by atoms with Gasteiger partial charge in [-0.15, -0.1) is 0 Å². The van der Waals surface area contributed by atoms with Crippen LogP contribution in [0.4, 0.5) is 5.69 Å². The predicted molar refractivity (Wildman–Crippen MR) is 86.2 cm³/mol. The van der Waals surface area contributed by atoms with Crippen molar-refractivity contribution in [1.82, 2.24) is 4.98 Å². The number of aromatic nitrogens is 1. The van der Waals surface area contributed by atoms with Crippen molar-refractivity contribution in [1.29, 1.82) is 0 Å². The summed E-state index contributed by atoms with van der Waals surface area (Å²) in [5.74, 6) is 1.28. The molecule has 0 aliphatic carbocycles. The Morgan fingerprint density at radius 3 is 2.45 bits per heavy atom. The second kappa shape index (κ2) is 5.83. The van der Waals surface area contributed by atoms with Gasteiger partial charge in [-0.1, -0.05) is 32.9 Å². The van der Waals surface area contributed by atoms with Crippen molar-refractivity contribution < 1.29 is 4.74 Å². The zero-order valence-electron chi connectivity index (χ0n) is 12.0. The van der Waals surface area contributed by atoms with E-state index in [9.17, 15) is 0 Å². The van der Waals surface area contributed by atoms with E-state index in [1.807, 2.05) is 12.1 Å². The fraction of sp³-hybridized carbons (Fsp3) is 0.312. The molecule has 0 aliphatic rings. The van der Waals surface area contributed by atoms with E-state index >= 15 is 0 Å². The standard InChI is InChI=1S/C16H19BrN2O/c1-4-16(2,3)11-5-7-13(8-6-11)20-15-14(17)9-12(18)10-19-15/h5-10H,4,18H2,1-3H3. The van der Waals surface area contributed by atoms with E-state index in [-0.39, 0.29) is 5.41 Å². The highest BCUT2D eigenvalue weighted by Crippen LogP contribution is 2.31. The summed E-state index contributed by atoms with van der Waals surface area (Å²) in [6.07, 6.45) is 2.67. The van der Waals surface area contributed by atoms with E-state index in [1.54, 1.807) is 12.3 Å². The average molecular weight is 335 g/mol. The van der Waals surface area contributed by atoms with Crippen LogP contribution >= 0.6 is 15.9 Å². The van der Waals surface area contributed by atoms with Gasteiger partial charge in [-0.05, 0) is 51.5 Å². The summed E-state index contributed by atoms with van der Waals surface area (Å²) in [6, 6.07) is 9.92. The van der Waals surface area contributed by atoms with Crippen LogP contribution < -0.4 is 10.5 Å². The van der Waals surface area contributed by atoms with Gasteiger partial charge in [-0.3, -0.25) is 0 Å². The Bertz CT molecular complexity index is 594. The van der Waals surface area contributed by atoms with Crippen LogP contribution in [0.25, 0.3) is 0 Å². The molecule has 0 atom stereocenters. The summed E-state index contributed by atoms with van der Waals surface area (Å²) in [7, 11) is 0. The van der Waals surface area contributed by atoms with Crippen LogP contribution in [0, 0.1) is 0 Å². The second-order valence-electron chi connectivity index (χ2n) is 5.42. The van der Waals surface area contributed by atoms with Gasteiger partial charge < -0.3 is 10.5 Å². The molecule has 0 radical (unpaired) electrons. The molecule has 106 valence electrons. The van der Waals surface area contributed by atoms with Crippen molar-refractivity contribution in [2.45, 2.75) is 32.6 Å².